The first kappa shape index (κ1) is 9.38. The van der Waals surface area contributed by atoms with Crippen molar-refractivity contribution in [3.05, 3.63) is 17.5 Å². The second-order valence-electron chi connectivity index (χ2n) is 2.98. The average molecular weight is 207 g/mol. The summed E-state index contributed by atoms with van der Waals surface area (Å²) in [4.78, 5) is 11.2. The molecule has 2 N–H and O–H groups in total. The summed E-state index contributed by atoms with van der Waals surface area (Å²) in [6.45, 7) is 1.80. The van der Waals surface area contributed by atoms with Gasteiger partial charge in [0, 0.05) is 6.07 Å². The Balaban J connectivity index is 2.69. The molecule has 0 aliphatic rings. The second-order valence-corrected chi connectivity index (χ2v) is 2.98. The zero-order chi connectivity index (χ0) is 11.0. The molecule has 0 aromatic carbocycles. The molecule has 2 heterocycles. The van der Waals surface area contributed by atoms with Gasteiger partial charge in [-0.25, -0.2) is 4.79 Å². The molecule has 78 valence electrons. The lowest BCUT2D eigenvalue weighted by atomic mass is 10.4. The number of fused-ring (bicyclic) bond motifs is 1. The van der Waals surface area contributed by atoms with Crippen LogP contribution in [0.1, 0.15) is 16.2 Å². The predicted octanol–water partition coefficient (Wildman–Crippen LogP) is -0.198. The van der Waals surface area contributed by atoms with Crippen molar-refractivity contribution >= 4 is 17.4 Å². The van der Waals surface area contributed by atoms with Gasteiger partial charge in [0.2, 0.25) is 5.69 Å². The van der Waals surface area contributed by atoms with E-state index in [4.69, 9.17) is 5.73 Å². The summed E-state index contributed by atoms with van der Waals surface area (Å²) in [6.07, 6.45) is 0. The van der Waals surface area contributed by atoms with Gasteiger partial charge < -0.3 is 10.5 Å². The highest BCUT2D eigenvalue weighted by Gasteiger charge is 2.16. The van der Waals surface area contributed by atoms with Crippen molar-refractivity contribution in [3.8, 4) is 0 Å². The van der Waals surface area contributed by atoms with E-state index in [9.17, 15) is 4.79 Å². The molecule has 7 nitrogen and oxygen atoms in total. The molecule has 0 aliphatic carbocycles. The largest absolute Gasteiger partial charge is 0.464 e. The molecule has 0 saturated carbocycles. The summed E-state index contributed by atoms with van der Waals surface area (Å²) in [6, 6.07) is 1.71. The molecular weight excluding hydrogens is 198 g/mol. The van der Waals surface area contributed by atoms with Gasteiger partial charge in [0.1, 0.15) is 0 Å². The summed E-state index contributed by atoms with van der Waals surface area (Å²) in [5.41, 5.74) is 6.92. The van der Waals surface area contributed by atoms with Crippen LogP contribution in [0.2, 0.25) is 0 Å². The summed E-state index contributed by atoms with van der Waals surface area (Å²) in [7, 11) is 1.25. The van der Waals surface area contributed by atoms with E-state index < -0.39 is 5.97 Å². The molecule has 0 aliphatic heterocycles. The van der Waals surface area contributed by atoms with Crippen LogP contribution in [0.3, 0.4) is 0 Å². The number of esters is 1. The zero-order valence-electron chi connectivity index (χ0n) is 8.26. The third-order valence-corrected chi connectivity index (χ3v) is 1.91. The number of anilines is 1. The highest BCUT2D eigenvalue weighted by molar-refractivity contribution is 5.91. The Morgan fingerprint density at radius 2 is 2.27 bits per heavy atom. The maximum absolute atomic E-state index is 11.2. The van der Waals surface area contributed by atoms with E-state index in [0.29, 0.717) is 5.65 Å². The average Bonchev–Trinajstić information content (AvgIpc) is 2.59. The summed E-state index contributed by atoms with van der Waals surface area (Å²) < 4.78 is 5.87. The Morgan fingerprint density at radius 3 is 2.93 bits per heavy atom. The van der Waals surface area contributed by atoms with Crippen LogP contribution >= 0.6 is 0 Å². The van der Waals surface area contributed by atoms with Crippen LogP contribution < -0.4 is 5.73 Å². The molecule has 0 bridgehead atoms. The van der Waals surface area contributed by atoms with Crippen molar-refractivity contribution in [1.82, 2.24) is 19.8 Å². The number of nitrogen functional groups attached to an aromatic ring is 1. The monoisotopic (exact) mass is 207 g/mol. The number of hydrogen-bond donors (Lipinski definition) is 1. The molecule has 2 rings (SSSR count). The van der Waals surface area contributed by atoms with Gasteiger partial charge in [-0.3, -0.25) is 0 Å². The van der Waals surface area contributed by atoms with E-state index in [0.717, 1.165) is 5.69 Å². The van der Waals surface area contributed by atoms with Crippen molar-refractivity contribution in [2.24, 2.45) is 0 Å². The van der Waals surface area contributed by atoms with Gasteiger partial charge in [-0.05, 0) is 6.92 Å². The van der Waals surface area contributed by atoms with Crippen molar-refractivity contribution in [1.29, 1.82) is 0 Å². The van der Waals surface area contributed by atoms with E-state index in [1.54, 1.807) is 13.0 Å². The summed E-state index contributed by atoms with van der Waals surface area (Å²) in [5.74, 6) is -0.505. The molecule has 0 unspecified atom stereocenters. The van der Waals surface area contributed by atoms with Gasteiger partial charge >= 0.3 is 5.97 Å². The molecule has 7 heteroatoms. The molecule has 0 spiro atoms. The zero-order valence-corrected chi connectivity index (χ0v) is 8.26. The highest BCUT2D eigenvalue weighted by atomic mass is 16.5. The Morgan fingerprint density at radius 1 is 1.53 bits per heavy atom. The smallest absolute Gasteiger partial charge is 0.362 e. The molecule has 15 heavy (non-hydrogen) atoms. The van der Waals surface area contributed by atoms with E-state index >= 15 is 0 Å². The van der Waals surface area contributed by atoms with Gasteiger partial charge in [0.15, 0.2) is 11.5 Å². The molecule has 0 amide bonds. The number of methoxy groups -OCH3 is 1. The first-order valence-corrected chi connectivity index (χ1v) is 4.20. The van der Waals surface area contributed by atoms with E-state index in [-0.39, 0.29) is 11.5 Å². The van der Waals surface area contributed by atoms with Crippen LogP contribution in [0.15, 0.2) is 6.07 Å². The quantitative estimate of drug-likeness (QED) is 0.650. The minimum absolute atomic E-state index is 0.0342. The maximum Gasteiger partial charge on any atom is 0.362 e. The van der Waals surface area contributed by atoms with Crippen LogP contribution in [0, 0.1) is 6.92 Å². The van der Waals surface area contributed by atoms with Gasteiger partial charge in [0.05, 0.1) is 12.8 Å². The predicted molar refractivity (Wildman–Crippen MR) is 51.3 cm³/mol. The van der Waals surface area contributed by atoms with Crippen LogP contribution in [0.5, 0.6) is 0 Å². The molecule has 0 radical (unpaired) electrons. The third-order valence-electron chi connectivity index (χ3n) is 1.91. The Kier molecular flexibility index (Phi) is 2.00. The van der Waals surface area contributed by atoms with E-state index in [1.807, 2.05) is 0 Å². The van der Waals surface area contributed by atoms with Gasteiger partial charge in [0.25, 0.3) is 0 Å². The van der Waals surface area contributed by atoms with Gasteiger partial charge in [-0.2, -0.15) is 9.61 Å². The topological polar surface area (TPSA) is 95.4 Å². The molecule has 0 saturated heterocycles. The van der Waals surface area contributed by atoms with Crippen LogP contribution in [0.4, 0.5) is 5.82 Å². The fraction of sp³-hybridized carbons (Fsp3) is 0.250. The Labute approximate surface area is 84.9 Å². The normalized spacial score (nSPS) is 10.5. The van der Waals surface area contributed by atoms with Gasteiger partial charge in [-0.15, -0.1) is 10.2 Å². The maximum atomic E-state index is 11.2. The van der Waals surface area contributed by atoms with Crippen LogP contribution in [-0.2, 0) is 4.74 Å². The SMILES string of the molecule is COC(=O)c1nnc2cc(C)nn2c1N. The molecule has 2 aromatic heterocycles. The van der Waals surface area contributed by atoms with Crippen molar-refractivity contribution < 1.29 is 9.53 Å². The summed E-state index contributed by atoms with van der Waals surface area (Å²) in [5, 5.41) is 11.6. The fourth-order valence-electron chi connectivity index (χ4n) is 1.23. The molecule has 0 atom stereocenters. The molecular formula is C8H9N5O2. The van der Waals surface area contributed by atoms with E-state index in [2.05, 4.69) is 20.0 Å². The molecule has 2 aromatic rings. The Hall–Kier alpha value is -2.18. The number of aromatic nitrogens is 4. The first-order chi connectivity index (χ1) is 7.13. The van der Waals surface area contributed by atoms with Crippen LogP contribution in [0.25, 0.3) is 5.65 Å². The number of nitrogens with two attached hydrogens (primary N) is 1. The number of aryl methyl sites for hydroxylation is 1. The third kappa shape index (κ3) is 1.37. The van der Waals surface area contributed by atoms with Crippen LogP contribution in [-0.4, -0.2) is 32.9 Å². The standard InChI is InChI=1S/C8H9N5O2/c1-4-3-5-10-11-6(8(14)15-2)7(9)13(5)12-4/h3H,9H2,1-2H3. The Bertz CT molecular complexity index is 533. The van der Waals surface area contributed by atoms with Crippen molar-refractivity contribution in [2.45, 2.75) is 6.92 Å². The number of rotatable bonds is 1. The minimum Gasteiger partial charge on any atom is -0.464 e. The van der Waals surface area contributed by atoms with Gasteiger partial charge in [-0.1, -0.05) is 0 Å². The van der Waals surface area contributed by atoms with Crippen molar-refractivity contribution in [2.75, 3.05) is 12.8 Å². The van der Waals surface area contributed by atoms with E-state index in [1.165, 1.54) is 11.6 Å². The highest BCUT2D eigenvalue weighted by Crippen LogP contribution is 2.11. The first-order valence-electron chi connectivity index (χ1n) is 4.20. The number of ether oxygens (including phenoxy) is 1. The lowest BCUT2D eigenvalue weighted by Gasteiger charge is -2.02. The van der Waals surface area contributed by atoms with Crippen molar-refractivity contribution in [3.63, 3.8) is 0 Å². The molecule has 0 fully saturated rings. The second kappa shape index (κ2) is 3.19. The number of carbonyl (C=O) groups is 1. The lowest BCUT2D eigenvalue weighted by molar-refractivity contribution is 0.0593. The number of nitrogens with zero attached hydrogens (tertiary/aromatic N) is 4. The minimum atomic E-state index is -0.630. The fourth-order valence-corrected chi connectivity index (χ4v) is 1.23. The number of hydrogen-bond acceptors (Lipinski definition) is 6. The summed E-state index contributed by atoms with van der Waals surface area (Å²) >= 11 is 0. The lowest BCUT2D eigenvalue weighted by Crippen LogP contribution is -2.14. The number of carbonyl (C=O) groups excluding carboxylic acids is 1.